The second-order valence-electron chi connectivity index (χ2n) is 9.10. The van der Waals surface area contributed by atoms with Crippen LogP contribution in [0.2, 0.25) is 0 Å². The molecule has 0 bridgehead atoms. The summed E-state index contributed by atoms with van der Waals surface area (Å²) in [5.41, 5.74) is 0.515. The minimum Gasteiger partial charge on any atom is -0.494 e. The number of aromatic nitrogens is 5. The Bertz CT molecular complexity index is 1330. The molecule has 34 heavy (non-hydrogen) atoms. The number of hydrogen-bond donors (Lipinski definition) is 2. The van der Waals surface area contributed by atoms with Crippen molar-refractivity contribution in [1.82, 2.24) is 34.2 Å². The molecule has 2 N–H and O–H groups in total. The third-order valence-corrected chi connectivity index (χ3v) is 5.55. The second-order valence-corrected chi connectivity index (χ2v) is 9.10. The lowest BCUT2D eigenvalue weighted by Crippen LogP contribution is -2.34. The molecular formula is C23H29N7O4. The SMILES string of the molecule is CC(C)Cn1c(O)c(C(=O)NC2CC2)c(=O)n2ncc(/C=C/C(=O)N(C)Cc3ccn(C)n3)c12. The Morgan fingerprint density at radius 3 is 2.71 bits per heavy atom. The highest BCUT2D eigenvalue weighted by molar-refractivity contribution is 5.97. The van der Waals surface area contributed by atoms with Gasteiger partial charge in [-0.05, 0) is 30.9 Å². The molecule has 11 nitrogen and oxygen atoms in total. The summed E-state index contributed by atoms with van der Waals surface area (Å²) in [5, 5.41) is 22.1. The van der Waals surface area contributed by atoms with Crippen molar-refractivity contribution in [3.8, 4) is 5.88 Å². The molecule has 3 aromatic heterocycles. The van der Waals surface area contributed by atoms with E-state index in [1.165, 1.54) is 21.7 Å². The summed E-state index contributed by atoms with van der Waals surface area (Å²) in [7, 11) is 3.48. The number of carbonyl (C=O) groups is 2. The van der Waals surface area contributed by atoms with Crippen LogP contribution >= 0.6 is 0 Å². The van der Waals surface area contributed by atoms with Crippen molar-refractivity contribution >= 4 is 23.5 Å². The van der Waals surface area contributed by atoms with Crippen molar-refractivity contribution in [2.45, 2.75) is 45.8 Å². The van der Waals surface area contributed by atoms with Gasteiger partial charge in [-0.1, -0.05) is 13.8 Å². The summed E-state index contributed by atoms with van der Waals surface area (Å²) < 4.78 is 4.27. The molecule has 11 heteroatoms. The van der Waals surface area contributed by atoms with Gasteiger partial charge in [-0.2, -0.15) is 14.7 Å². The Hall–Kier alpha value is -3.89. The zero-order valence-electron chi connectivity index (χ0n) is 19.7. The maximum Gasteiger partial charge on any atom is 0.291 e. The topological polar surface area (TPSA) is 127 Å². The summed E-state index contributed by atoms with van der Waals surface area (Å²) in [6.07, 6.45) is 7.90. The van der Waals surface area contributed by atoms with Crippen molar-refractivity contribution < 1.29 is 14.7 Å². The number of rotatable bonds is 8. The van der Waals surface area contributed by atoms with Crippen LogP contribution in [-0.4, -0.2) is 58.9 Å². The second kappa shape index (κ2) is 9.16. The number of nitrogens with one attached hydrogen (secondary N) is 1. The van der Waals surface area contributed by atoms with Crippen LogP contribution in [0.4, 0.5) is 0 Å². The summed E-state index contributed by atoms with van der Waals surface area (Å²) >= 11 is 0. The number of aromatic hydroxyl groups is 1. The zero-order valence-corrected chi connectivity index (χ0v) is 19.7. The molecule has 0 aliphatic heterocycles. The molecule has 0 unspecified atom stereocenters. The zero-order chi connectivity index (χ0) is 24.6. The van der Waals surface area contributed by atoms with Crippen molar-refractivity contribution in [2.75, 3.05) is 7.05 Å². The first-order chi connectivity index (χ1) is 16.2. The van der Waals surface area contributed by atoms with Gasteiger partial charge in [0.05, 0.1) is 18.4 Å². The van der Waals surface area contributed by atoms with E-state index in [1.54, 1.807) is 17.8 Å². The predicted molar refractivity (Wildman–Crippen MR) is 125 cm³/mol. The lowest BCUT2D eigenvalue weighted by molar-refractivity contribution is -0.125. The van der Waals surface area contributed by atoms with E-state index < -0.39 is 17.3 Å². The van der Waals surface area contributed by atoms with Gasteiger partial charge in [0, 0.05) is 44.5 Å². The smallest absolute Gasteiger partial charge is 0.291 e. The average Bonchev–Trinajstić information content (AvgIpc) is 3.32. The number of aryl methyl sites for hydroxylation is 1. The third kappa shape index (κ3) is 4.73. The number of likely N-dealkylation sites (N-methyl/N-ethyl adjacent to an activating group) is 1. The van der Waals surface area contributed by atoms with Crippen LogP contribution in [0.5, 0.6) is 5.88 Å². The van der Waals surface area contributed by atoms with Crippen LogP contribution < -0.4 is 10.9 Å². The Labute approximate surface area is 196 Å². The van der Waals surface area contributed by atoms with Crippen molar-refractivity contribution in [3.05, 3.63) is 51.7 Å². The number of carbonyl (C=O) groups excluding carboxylic acids is 2. The minimum atomic E-state index is -0.705. The van der Waals surface area contributed by atoms with Gasteiger partial charge in [0.1, 0.15) is 5.65 Å². The monoisotopic (exact) mass is 467 g/mol. The van der Waals surface area contributed by atoms with E-state index in [2.05, 4.69) is 15.5 Å². The number of amides is 2. The fourth-order valence-corrected chi connectivity index (χ4v) is 3.71. The normalized spacial score (nSPS) is 13.8. The molecule has 3 heterocycles. The van der Waals surface area contributed by atoms with Crippen LogP contribution in [0.25, 0.3) is 11.7 Å². The summed E-state index contributed by atoms with van der Waals surface area (Å²) in [6.45, 7) is 4.61. The van der Waals surface area contributed by atoms with Crippen molar-refractivity contribution in [1.29, 1.82) is 0 Å². The maximum absolute atomic E-state index is 13.1. The van der Waals surface area contributed by atoms with E-state index in [1.807, 2.05) is 33.2 Å². The van der Waals surface area contributed by atoms with Crippen LogP contribution in [0.1, 0.15) is 48.3 Å². The van der Waals surface area contributed by atoms with E-state index in [0.717, 1.165) is 23.1 Å². The molecule has 2 amide bonds. The summed E-state index contributed by atoms with van der Waals surface area (Å²) in [5.74, 6) is -1.16. The molecule has 0 saturated heterocycles. The first kappa shape index (κ1) is 23.3. The molecule has 0 aromatic carbocycles. The molecule has 4 rings (SSSR count). The van der Waals surface area contributed by atoms with E-state index in [0.29, 0.717) is 24.3 Å². The van der Waals surface area contributed by atoms with Crippen LogP contribution in [0.3, 0.4) is 0 Å². The molecule has 0 spiro atoms. The molecule has 1 aliphatic rings. The Morgan fingerprint density at radius 2 is 2.09 bits per heavy atom. The molecule has 3 aromatic rings. The maximum atomic E-state index is 13.1. The molecule has 1 aliphatic carbocycles. The fourth-order valence-electron chi connectivity index (χ4n) is 3.71. The van der Waals surface area contributed by atoms with E-state index in [-0.39, 0.29) is 23.4 Å². The van der Waals surface area contributed by atoms with Crippen LogP contribution in [0, 0.1) is 5.92 Å². The molecule has 180 valence electrons. The molecule has 0 radical (unpaired) electrons. The first-order valence-electron chi connectivity index (χ1n) is 11.2. The van der Waals surface area contributed by atoms with Gasteiger partial charge >= 0.3 is 0 Å². The minimum absolute atomic E-state index is 0.0331. The van der Waals surface area contributed by atoms with Gasteiger partial charge in [-0.3, -0.25) is 23.6 Å². The third-order valence-electron chi connectivity index (χ3n) is 5.55. The van der Waals surface area contributed by atoms with E-state index >= 15 is 0 Å². The summed E-state index contributed by atoms with van der Waals surface area (Å²) in [4.78, 5) is 39.9. The highest BCUT2D eigenvalue weighted by atomic mass is 16.3. The molecule has 1 fully saturated rings. The van der Waals surface area contributed by atoms with E-state index in [9.17, 15) is 19.5 Å². The average molecular weight is 468 g/mol. The van der Waals surface area contributed by atoms with Crippen molar-refractivity contribution in [2.24, 2.45) is 13.0 Å². The van der Waals surface area contributed by atoms with Gasteiger partial charge in [0.25, 0.3) is 11.5 Å². The van der Waals surface area contributed by atoms with Gasteiger partial charge in [0.2, 0.25) is 11.8 Å². The van der Waals surface area contributed by atoms with Crippen LogP contribution in [-0.2, 0) is 24.9 Å². The Balaban J connectivity index is 1.68. The summed E-state index contributed by atoms with van der Waals surface area (Å²) in [6, 6.07) is 1.87. The highest BCUT2D eigenvalue weighted by Crippen LogP contribution is 2.24. The Morgan fingerprint density at radius 1 is 1.35 bits per heavy atom. The first-order valence-corrected chi connectivity index (χ1v) is 11.2. The van der Waals surface area contributed by atoms with Gasteiger partial charge in [-0.25, -0.2) is 0 Å². The quantitative estimate of drug-likeness (QED) is 0.479. The predicted octanol–water partition coefficient (Wildman–Crippen LogP) is 1.16. The number of nitrogens with zero attached hydrogens (tertiary/aromatic N) is 6. The highest BCUT2D eigenvalue weighted by Gasteiger charge is 2.29. The fraction of sp³-hybridized carbons (Fsp3) is 0.435. The standard InChI is InChI=1S/C23H29N7O4/c1-14(2)12-29-21-15(5-8-18(31)27(3)13-17-9-10-28(4)26-17)11-24-30(21)23(34)19(22(29)33)20(32)25-16-6-7-16/h5,8-11,14,16,33H,6-7,12-13H2,1-4H3,(H,25,32)/b8-5+. The molecular weight excluding hydrogens is 438 g/mol. The molecule has 0 atom stereocenters. The number of fused-ring (bicyclic) bond motifs is 1. The van der Waals surface area contributed by atoms with Gasteiger partial charge in [0.15, 0.2) is 5.56 Å². The lowest BCUT2D eigenvalue weighted by atomic mass is 10.2. The van der Waals surface area contributed by atoms with E-state index in [4.69, 9.17) is 0 Å². The van der Waals surface area contributed by atoms with Crippen molar-refractivity contribution in [3.63, 3.8) is 0 Å². The van der Waals surface area contributed by atoms with Gasteiger partial charge in [-0.15, -0.1) is 0 Å². The largest absolute Gasteiger partial charge is 0.494 e. The van der Waals surface area contributed by atoms with Gasteiger partial charge < -0.3 is 15.3 Å². The Kier molecular flexibility index (Phi) is 6.27. The van der Waals surface area contributed by atoms with Crippen LogP contribution in [0.15, 0.2) is 29.3 Å². The molecule has 1 saturated carbocycles. The lowest BCUT2D eigenvalue weighted by Gasteiger charge is -2.17. The number of hydrogen-bond acceptors (Lipinski definition) is 6.